The van der Waals surface area contributed by atoms with Crippen molar-refractivity contribution in [3.8, 4) is 0 Å². The molecule has 0 unspecified atom stereocenters. The summed E-state index contributed by atoms with van der Waals surface area (Å²) < 4.78 is 0. The average Bonchev–Trinajstić information content (AvgIpc) is 2.53. The number of nitrogens with zero attached hydrogens (tertiary/aromatic N) is 2. The van der Waals surface area contributed by atoms with Gasteiger partial charge in [-0.1, -0.05) is 42.0 Å². The van der Waals surface area contributed by atoms with Crippen molar-refractivity contribution in [3.63, 3.8) is 0 Å². The molecule has 120 valence electrons. The molecular weight excluding hydrogens is 308 g/mol. The second-order valence-electron chi connectivity index (χ2n) is 5.23. The molecule has 1 fully saturated rings. The molecule has 0 saturated carbocycles. The van der Waals surface area contributed by atoms with Crippen molar-refractivity contribution in [2.24, 2.45) is 0 Å². The van der Waals surface area contributed by atoms with Gasteiger partial charge in [0.25, 0.3) is 11.8 Å². The summed E-state index contributed by atoms with van der Waals surface area (Å²) in [5.41, 5.74) is 2.34. The molecule has 1 aromatic rings. The Labute approximate surface area is 142 Å². The van der Waals surface area contributed by atoms with Crippen molar-refractivity contribution < 1.29 is 9.59 Å². The Bertz CT molecular complexity index is 661. The quantitative estimate of drug-likeness (QED) is 0.485. The van der Waals surface area contributed by atoms with Crippen LogP contribution in [0.15, 0.2) is 42.0 Å². The van der Waals surface area contributed by atoms with E-state index in [2.05, 4.69) is 0 Å². The molecule has 1 aliphatic rings. The van der Waals surface area contributed by atoms with Crippen LogP contribution < -0.4 is 0 Å². The standard InChI is InChI=1S/C18H20N2O2S/c1-4-19-16(21)15(17(22)20(5-2)18(19)23)8-6-7-14-11-9-13(3)10-12-14/h6-12H,4-5H2,1-3H3. The Morgan fingerprint density at radius 1 is 1.00 bits per heavy atom. The summed E-state index contributed by atoms with van der Waals surface area (Å²) >= 11 is 5.22. The second-order valence-corrected chi connectivity index (χ2v) is 5.60. The van der Waals surface area contributed by atoms with Crippen molar-refractivity contribution in [2.75, 3.05) is 13.1 Å². The fourth-order valence-electron chi connectivity index (χ4n) is 2.34. The number of hydrogen-bond acceptors (Lipinski definition) is 3. The van der Waals surface area contributed by atoms with E-state index in [4.69, 9.17) is 12.2 Å². The van der Waals surface area contributed by atoms with E-state index in [1.807, 2.05) is 51.1 Å². The molecule has 0 aromatic heterocycles. The molecule has 1 aromatic carbocycles. The van der Waals surface area contributed by atoms with Crippen LogP contribution in [-0.4, -0.2) is 39.8 Å². The van der Waals surface area contributed by atoms with E-state index < -0.39 is 0 Å². The summed E-state index contributed by atoms with van der Waals surface area (Å²) in [6, 6.07) is 8.00. The van der Waals surface area contributed by atoms with Crippen molar-refractivity contribution in [2.45, 2.75) is 20.8 Å². The molecule has 1 heterocycles. The molecule has 23 heavy (non-hydrogen) atoms. The summed E-state index contributed by atoms with van der Waals surface area (Å²) in [5, 5.41) is 0.282. The van der Waals surface area contributed by atoms with Gasteiger partial charge in [-0.25, -0.2) is 0 Å². The summed E-state index contributed by atoms with van der Waals surface area (Å²) in [6.45, 7) is 6.60. The largest absolute Gasteiger partial charge is 0.285 e. The second kappa shape index (κ2) is 7.33. The molecule has 1 saturated heterocycles. The Morgan fingerprint density at radius 3 is 2.00 bits per heavy atom. The monoisotopic (exact) mass is 328 g/mol. The third kappa shape index (κ3) is 3.56. The van der Waals surface area contributed by atoms with Crippen molar-refractivity contribution in [1.82, 2.24) is 9.80 Å². The highest BCUT2D eigenvalue weighted by Gasteiger charge is 2.37. The molecule has 0 radical (unpaired) electrons. The SMILES string of the molecule is CCN1C(=O)C(=CC=Cc2ccc(C)cc2)C(=O)N(CC)C1=S. The predicted molar refractivity (Wildman–Crippen MR) is 95.7 cm³/mol. The molecule has 0 N–H and O–H groups in total. The van der Waals surface area contributed by atoms with Gasteiger partial charge in [-0.15, -0.1) is 0 Å². The minimum atomic E-state index is -0.333. The van der Waals surface area contributed by atoms with Gasteiger partial charge in [0, 0.05) is 13.1 Å². The molecule has 2 rings (SSSR count). The van der Waals surface area contributed by atoms with Crippen LogP contribution in [0.3, 0.4) is 0 Å². The minimum absolute atomic E-state index is 0.144. The van der Waals surface area contributed by atoms with Gasteiger partial charge in [-0.05, 0) is 44.6 Å². The van der Waals surface area contributed by atoms with Gasteiger partial charge in [0.2, 0.25) is 0 Å². The van der Waals surface area contributed by atoms with Crippen molar-refractivity contribution >= 4 is 35.2 Å². The van der Waals surface area contributed by atoms with Gasteiger partial charge >= 0.3 is 0 Å². The first-order chi connectivity index (χ1) is 11.0. The van der Waals surface area contributed by atoms with Gasteiger partial charge in [-0.3, -0.25) is 19.4 Å². The molecule has 5 heteroatoms. The van der Waals surface area contributed by atoms with Crippen molar-refractivity contribution in [1.29, 1.82) is 0 Å². The predicted octanol–water partition coefficient (Wildman–Crippen LogP) is 2.93. The minimum Gasteiger partial charge on any atom is -0.285 e. The molecule has 0 aliphatic carbocycles. The molecule has 2 amide bonds. The van der Waals surface area contributed by atoms with E-state index in [1.54, 1.807) is 12.2 Å². The lowest BCUT2D eigenvalue weighted by Gasteiger charge is -2.35. The number of hydrogen-bond donors (Lipinski definition) is 0. The summed E-state index contributed by atoms with van der Waals surface area (Å²) in [5.74, 6) is -0.665. The van der Waals surface area contributed by atoms with Crippen LogP contribution >= 0.6 is 12.2 Å². The first-order valence-corrected chi connectivity index (χ1v) is 8.03. The van der Waals surface area contributed by atoms with Gasteiger partial charge in [-0.2, -0.15) is 0 Å². The number of benzene rings is 1. The smallest absolute Gasteiger partial charge is 0.265 e. The van der Waals surface area contributed by atoms with E-state index in [0.717, 1.165) is 5.56 Å². The van der Waals surface area contributed by atoms with Crippen molar-refractivity contribution in [3.05, 3.63) is 53.1 Å². The summed E-state index contributed by atoms with van der Waals surface area (Å²) in [6.07, 6.45) is 5.16. The third-order valence-corrected chi connectivity index (χ3v) is 4.12. The van der Waals surface area contributed by atoms with Gasteiger partial charge < -0.3 is 0 Å². The number of thiocarbonyl (C=S) groups is 1. The highest BCUT2D eigenvalue weighted by molar-refractivity contribution is 7.80. The normalized spacial score (nSPS) is 15.8. The Balaban J connectivity index is 2.28. The van der Waals surface area contributed by atoms with Gasteiger partial charge in [0.1, 0.15) is 5.57 Å². The Morgan fingerprint density at radius 2 is 1.52 bits per heavy atom. The molecular formula is C18H20N2O2S. The first kappa shape index (κ1) is 17.1. The molecule has 4 nitrogen and oxygen atoms in total. The number of amides is 2. The fourth-order valence-corrected chi connectivity index (χ4v) is 2.76. The molecule has 1 aliphatic heterocycles. The maximum absolute atomic E-state index is 12.4. The lowest BCUT2D eigenvalue weighted by Crippen LogP contribution is -2.55. The highest BCUT2D eigenvalue weighted by Crippen LogP contribution is 2.17. The van der Waals surface area contributed by atoms with Crippen LogP contribution in [0.25, 0.3) is 6.08 Å². The Kier molecular flexibility index (Phi) is 5.45. The number of carbonyl (C=O) groups excluding carboxylic acids is 2. The average molecular weight is 328 g/mol. The van der Waals surface area contributed by atoms with Crippen LogP contribution in [0.2, 0.25) is 0 Å². The zero-order chi connectivity index (χ0) is 17.0. The van der Waals surface area contributed by atoms with E-state index in [1.165, 1.54) is 15.4 Å². The zero-order valence-electron chi connectivity index (χ0n) is 13.6. The molecule has 0 atom stereocenters. The Hall–Kier alpha value is -2.27. The van der Waals surface area contributed by atoms with Crippen LogP contribution in [0.4, 0.5) is 0 Å². The molecule has 0 spiro atoms. The number of allylic oxidation sites excluding steroid dienone is 2. The van der Waals surface area contributed by atoms with E-state index in [9.17, 15) is 9.59 Å². The highest BCUT2D eigenvalue weighted by atomic mass is 32.1. The molecule has 0 bridgehead atoms. The first-order valence-electron chi connectivity index (χ1n) is 7.62. The lowest BCUT2D eigenvalue weighted by atomic mass is 10.1. The number of likely N-dealkylation sites (N-methyl/N-ethyl adjacent to an activating group) is 2. The third-order valence-electron chi connectivity index (χ3n) is 3.67. The zero-order valence-corrected chi connectivity index (χ0v) is 14.4. The van der Waals surface area contributed by atoms with E-state index in [-0.39, 0.29) is 22.5 Å². The van der Waals surface area contributed by atoms with Crippen LogP contribution in [-0.2, 0) is 9.59 Å². The summed E-state index contributed by atoms with van der Waals surface area (Å²) in [4.78, 5) is 27.7. The van der Waals surface area contributed by atoms with E-state index in [0.29, 0.717) is 13.1 Å². The van der Waals surface area contributed by atoms with Gasteiger partial charge in [0.15, 0.2) is 5.11 Å². The summed E-state index contributed by atoms with van der Waals surface area (Å²) in [7, 11) is 0. The van der Waals surface area contributed by atoms with Crippen LogP contribution in [0, 0.1) is 6.92 Å². The maximum atomic E-state index is 12.4. The number of carbonyl (C=O) groups is 2. The lowest BCUT2D eigenvalue weighted by molar-refractivity contribution is -0.133. The van der Waals surface area contributed by atoms with Gasteiger partial charge in [0.05, 0.1) is 0 Å². The van der Waals surface area contributed by atoms with Crippen LogP contribution in [0.5, 0.6) is 0 Å². The number of rotatable bonds is 4. The van der Waals surface area contributed by atoms with E-state index >= 15 is 0 Å². The topological polar surface area (TPSA) is 40.6 Å². The maximum Gasteiger partial charge on any atom is 0.265 e. The van der Waals surface area contributed by atoms with Crippen LogP contribution in [0.1, 0.15) is 25.0 Å². The fraction of sp³-hybridized carbons (Fsp3) is 0.278. The number of aryl methyl sites for hydroxylation is 1.